The summed E-state index contributed by atoms with van der Waals surface area (Å²) in [5, 5.41) is 2.76. The molecule has 0 radical (unpaired) electrons. The van der Waals surface area contributed by atoms with Crippen LogP contribution in [-0.2, 0) is 15.9 Å². The van der Waals surface area contributed by atoms with Gasteiger partial charge < -0.3 is 9.87 Å². The largest absolute Gasteiger partial charge is 0.772 e. The van der Waals surface area contributed by atoms with Gasteiger partial charge in [0, 0.05) is 17.7 Å². The minimum absolute atomic E-state index is 0.0132. The molecule has 1 rings (SSSR count). The number of hydrogen-bond acceptors (Lipinski definition) is 3. The number of carbonyl (C=O) groups is 1. The van der Waals surface area contributed by atoms with Gasteiger partial charge in [0.2, 0.25) is 5.91 Å². The molecular formula is C15H26NO3S-. The lowest BCUT2D eigenvalue weighted by Gasteiger charge is -2.32. The number of hydrogen-bond donors (Lipinski definition) is 1. The summed E-state index contributed by atoms with van der Waals surface area (Å²) in [6, 6.07) is 0. The average Bonchev–Trinajstić information content (AvgIpc) is 2.33. The van der Waals surface area contributed by atoms with Crippen molar-refractivity contribution in [1.82, 2.24) is 5.32 Å². The van der Waals surface area contributed by atoms with Crippen molar-refractivity contribution in [1.29, 1.82) is 0 Å². The Morgan fingerprint density at radius 2 is 2.20 bits per heavy atom. The molecule has 1 aliphatic rings. The molecule has 0 fully saturated rings. The molecule has 1 amide bonds. The van der Waals surface area contributed by atoms with Gasteiger partial charge in [-0.2, -0.15) is 0 Å². The summed E-state index contributed by atoms with van der Waals surface area (Å²) >= 11 is -2.09. The number of amides is 1. The SMILES string of the molecule is CC(C)C1/C=C/CCC(C)(C(=O)NCCS(=O)[O-])CC1. The Balaban J connectivity index is 2.60. The number of nitrogens with one attached hydrogen (secondary N) is 1. The van der Waals surface area contributed by atoms with Gasteiger partial charge in [-0.3, -0.25) is 9.00 Å². The molecule has 0 aromatic heterocycles. The van der Waals surface area contributed by atoms with Gasteiger partial charge in [0.05, 0.1) is 0 Å². The quantitative estimate of drug-likeness (QED) is 0.626. The maximum absolute atomic E-state index is 12.3. The van der Waals surface area contributed by atoms with E-state index in [-0.39, 0.29) is 23.6 Å². The summed E-state index contributed by atoms with van der Waals surface area (Å²) in [5.74, 6) is 1.08. The van der Waals surface area contributed by atoms with E-state index >= 15 is 0 Å². The monoisotopic (exact) mass is 300 g/mol. The van der Waals surface area contributed by atoms with Crippen LogP contribution in [0.25, 0.3) is 0 Å². The van der Waals surface area contributed by atoms with Crippen LogP contribution in [0.3, 0.4) is 0 Å². The van der Waals surface area contributed by atoms with Crippen molar-refractivity contribution in [2.45, 2.75) is 46.5 Å². The van der Waals surface area contributed by atoms with Gasteiger partial charge in [-0.25, -0.2) is 0 Å². The van der Waals surface area contributed by atoms with E-state index < -0.39 is 11.1 Å². The van der Waals surface area contributed by atoms with Crippen LogP contribution in [0.1, 0.15) is 46.5 Å². The van der Waals surface area contributed by atoms with Crippen molar-refractivity contribution in [3.63, 3.8) is 0 Å². The first-order chi connectivity index (χ1) is 9.35. The Labute approximate surface area is 124 Å². The molecule has 4 nitrogen and oxygen atoms in total. The topological polar surface area (TPSA) is 69.2 Å². The van der Waals surface area contributed by atoms with Crippen molar-refractivity contribution >= 4 is 17.0 Å². The highest BCUT2D eigenvalue weighted by Gasteiger charge is 2.33. The minimum Gasteiger partial charge on any atom is -0.772 e. The fourth-order valence-electron chi connectivity index (χ4n) is 2.62. The summed E-state index contributed by atoms with van der Waals surface area (Å²) in [5.41, 5.74) is -0.387. The zero-order valence-corrected chi connectivity index (χ0v) is 13.5. The third kappa shape index (κ3) is 5.37. The highest BCUT2D eigenvalue weighted by atomic mass is 32.2. The van der Waals surface area contributed by atoms with Crippen LogP contribution < -0.4 is 5.32 Å². The van der Waals surface area contributed by atoms with Gasteiger partial charge in [0.15, 0.2) is 0 Å². The van der Waals surface area contributed by atoms with E-state index in [0.29, 0.717) is 11.8 Å². The van der Waals surface area contributed by atoms with Gasteiger partial charge in [0.25, 0.3) is 0 Å². The Bertz CT molecular complexity index is 381. The fourth-order valence-corrected chi connectivity index (χ4v) is 2.89. The minimum atomic E-state index is -2.09. The molecule has 3 atom stereocenters. The average molecular weight is 300 g/mol. The van der Waals surface area contributed by atoms with E-state index in [4.69, 9.17) is 0 Å². The molecule has 20 heavy (non-hydrogen) atoms. The summed E-state index contributed by atoms with van der Waals surface area (Å²) in [6.45, 7) is 6.61. The van der Waals surface area contributed by atoms with Crippen LogP contribution in [0, 0.1) is 17.3 Å². The molecule has 0 spiro atoms. The fraction of sp³-hybridized carbons (Fsp3) is 0.800. The van der Waals surface area contributed by atoms with Gasteiger partial charge in [-0.05, 0) is 37.5 Å². The second-order valence-corrected chi connectivity index (χ2v) is 7.25. The van der Waals surface area contributed by atoms with Crippen molar-refractivity contribution in [2.75, 3.05) is 12.3 Å². The van der Waals surface area contributed by atoms with Crippen LogP contribution in [0.15, 0.2) is 12.2 Å². The molecule has 0 saturated carbocycles. The lowest BCUT2D eigenvalue weighted by atomic mass is 9.74. The number of carbonyl (C=O) groups excluding carboxylic acids is 1. The van der Waals surface area contributed by atoms with E-state index in [1.165, 1.54) is 0 Å². The Kier molecular flexibility index (Phi) is 6.89. The lowest BCUT2D eigenvalue weighted by molar-refractivity contribution is -0.131. The second-order valence-electron chi connectivity index (χ2n) is 6.24. The molecule has 0 aromatic carbocycles. The second kappa shape index (κ2) is 7.93. The number of rotatable bonds is 5. The van der Waals surface area contributed by atoms with E-state index in [1.54, 1.807) is 0 Å². The van der Waals surface area contributed by atoms with Crippen LogP contribution in [0.5, 0.6) is 0 Å². The van der Waals surface area contributed by atoms with Gasteiger partial charge >= 0.3 is 0 Å². The molecule has 0 saturated heterocycles. The lowest BCUT2D eigenvalue weighted by Crippen LogP contribution is -2.41. The van der Waals surface area contributed by atoms with Crippen LogP contribution in [0.4, 0.5) is 0 Å². The van der Waals surface area contributed by atoms with Crippen LogP contribution in [0.2, 0.25) is 0 Å². The zero-order valence-electron chi connectivity index (χ0n) is 12.7. The third-order valence-electron chi connectivity index (χ3n) is 4.23. The maximum Gasteiger partial charge on any atom is 0.225 e. The molecule has 1 N–H and O–H groups in total. The standard InChI is InChI=1S/C15H27NO3S/c1-12(2)13-6-4-5-8-15(3,9-7-13)14(17)16-10-11-20(18)19/h4,6,12-13H,5,7-11H2,1-3H3,(H,16,17)(H,18,19)/p-1/b6-4+. The van der Waals surface area contributed by atoms with Crippen molar-refractivity contribution in [2.24, 2.45) is 17.3 Å². The molecule has 0 bridgehead atoms. The Morgan fingerprint density at radius 1 is 1.50 bits per heavy atom. The first kappa shape index (κ1) is 17.4. The smallest absolute Gasteiger partial charge is 0.225 e. The first-order valence-corrected chi connectivity index (χ1v) is 8.60. The molecule has 5 heteroatoms. The molecule has 0 aromatic rings. The van der Waals surface area contributed by atoms with Gasteiger partial charge in [0.1, 0.15) is 0 Å². The maximum atomic E-state index is 12.3. The van der Waals surface area contributed by atoms with Crippen molar-refractivity contribution in [3.05, 3.63) is 12.2 Å². The van der Waals surface area contributed by atoms with Crippen LogP contribution >= 0.6 is 0 Å². The summed E-state index contributed by atoms with van der Waals surface area (Å²) < 4.78 is 21.0. The van der Waals surface area contributed by atoms with Crippen LogP contribution in [-0.4, -0.2) is 27.0 Å². The van der Waals surface area contributed by atoms with E-state index in [2.05, 4.69) is 31.3 Å². The number of allylic oxidation sites excluding steroid dienone is 2. The molecule has 116 valence electrons. The highest BCUT2D eigenvalue weighted by Crippen LogP contribution is 2.35. The highest BCUT2D eigenvalue weighted by molar-refractivity contribution is 7.79. The van der Waals surface area contributed by atoms with E-state index in [9.17, 15) is 13.6 Å². The van der Waals surface area contributed by atoms with E-state index in [1.807, 2.05) is 6.92 Å². The first-order valence-electron chi connectivity index (χ1n) is 7.36. The molecule has 3 unspecified atom stereocenters. The normalized spacial score (nSPS) is 30.4. The van der Waals surface area contributed by atoms with E-state index in [0.717, 1.165) is 25.7 Å². The zero-order chi connectivity index (χ0) is 15.2. The van der Waals surface area contributed by atoms with Gasteiger partial charge in [-0.15, -0.1) is 0 Å². The molecule has 0 aliphatic heterocycles. The third-order valence-corrected chi connectivity index (χ3v) is 4.77. The molecular weight excluding hydrogens is 274 g/mol. The summed E-state index contributed by atoms with van der Waals surface area (Å²) in [6.07, 6.45) is 8.05. The van der Waals surface area contributed by atoms with Crippen molar-refractivity contribution < 1.29 is 13.6 Å². The van der Waals surface area contributed by atoms with Crippen molar-refractivity contribution in [3.8, 4) is 0 Å². The Hall–Kier alpha value is -0.680. The van der Waals surface area contributed by atoms with Gasteiger partial charge in [-0.1, -0.05) is 44.0 Å². The Morgan fingerprint density at radius 3 is 2.80 bits per heavy atom. The summed E-state index contributed by atoms with van der Waals surface area (Å²) in [7, 11) is 0. The summed E-state index contributed by atoms with van der Waals surface area (Å²) in [4.78, 5) is 12.3. The predicted octanol–water partition coefficient (Wildman–Crippen LogP) is 2.39. The molecule has 1 aliphatic carbocycles. The predicted molar refractivity (Wildman–Crippen MR) is 80.8 cm³/mol. The molecule has 0 heterocycles.